The molecule has 1 fully saturated rings. The second kappa shape index (κ2) is 8.05. The van der Waals surface area contributed by atoms with Crippen molar-refractivity contribution in [2.24, 2.45) is 0 Å². The third-order valence-corrected chi connectivity index (χ3v) is 5.56. The summed E-state index contributed by atoms with van der Waals surface area (Å²) >= 11 is 1.65. The molecule has 0 aliphatic carbocycles. The third kappa shape index (κ3) is 4.12. The van der Waals surface area contributed by atoms with Crippen LogP contribution in [0.3, 0.4) is 0 Å². The fourth-order valence-electron chi connectivity index (χ4n) is 3.16. The smallest absolute Gasteiger partial charge is 0.185 e. The summed E-state index contributed by atoms with van der Waals surface area (Å²) < 4.78 is 13.0. The number of aliphatic hydroxyl groups excluding tert-OH is 1. The molecule has 2 aromatic rings. The van der Waals surface area contributed by atoms with E-state index < -0.39 is 0 Å². The molecule has 2 heterocycles. The van der Waals surface area contributed by atoms with Gasteiger partial charge in [0.2, 0.25) is 0 Å². The van der Waals surface area contributed by atoms with Crippen LogP contribution in [0.25, 0.3) is 11.3 Å². The predicted molar refractivity (Wildman–Crippen MR) is 97.1 cm³/mol. The van der Waals surface area contributed by atoms with E-state index in [-0.39, 0.29) is 12.4 Å². The third-order valence-electron chi connectivity index (χ3n) is 4.66. The summed E-state index contributed by atoms with van der Waals surface area (Å²) in [5.41, 5.74) is 1.87. The molecule has 4 nitrogen and oxygen atoms in total. The molecule has 1 saturated heterocycles. The molecular weight excluding hydrogens is 325 g/mol. The van der Waals surface area contributed by atoms with E-state index >= 15 is 0 Å². The minimum Gasteiger partial charge on any atom is -0.396 e. The van der Waals surface area contributed by atoms with E-state index in [2.05, 4.69) is 16.8 Å². The minimum atomic E-state index is -0.221. The lowest BCUT2D eigenvalue weighted by atomic mass is 10.0. The number of aromatic nitrogens is 1. The van der Waals surface area contributed by atoms with Gasteiger partial charge >= 0.3 is 0 Å². The van der Waals surface area contributed by atoms with Gasteiger partial charge in [0, 0.05) is 43.2 Å². The maximum absolute atomic E-state index is 13.0. The maximum atomic E-state index is 13.0. The summed E-state index contributed by atoms with van der Waals surface area (Å²) in [7, 11) is 2.14. The second-order valence-electron chi connectivity index (χ2n) is 6.30. The molecule has 130 valence electrons. The summed E-state index contributed by atoms with van der Waals surface area (Å²) in [5.74, 6) is -0.221. The summed E-state index contributed by atoms with van der Waals surface area (Å²) in [6.45, 7) is 3.22. The van der Waals surface area contributed by atoms with Gasteiger partial charge in [-0.3, -0.25) is 0 Å². The van der Waals surface area contributed by atoms with E-state index in [1.807, 2.05) is 5.38 Å². The first kappa shape index (κ1) is 17.3. The second-order valence-corrected chi connectivity index (χ2v) is 7.13. The van der Waals surface area contributed by atoms with Crippen LogP contribution in [-0.2, 0) is 0 Å². The highest BCUT2D eigenvalue weighted by Gasteiger charge is 2.23. The molecule has 1 aliphatic heterocycles. The van der Waals surface area contributed by atoms with Gasteiger partial charge in [0.1, 0.15) is 5.82 Å². The van der Waals surface area contributed by atoms with Gasteiger partial charge in [-0.15, -0.1) is 11.3 Å². The molecule has 0 bridgehead atoms. The number of anilines is 1. The lowest BCUT2D eigenvalue weighted by Crippen LogP contribution is -2.43. The van der Waals surface area contributed by atoms with E-state index in [0.717, 1.165) is 55.3 Å². The van der Waals surface area contributed by atoms with Gasteiger partial charge in [-0.2, -0.15) is 0 Å². The summed E-state index contributed by atoms with van der Waals surface area (Å²) in [6, 6.07) is 7.08. The molecule has 0 saturated carbocycles. The number of aliphatic hydroxyl groups is 1. The zero-order valence-corrected chi connectivity index (χ0v) is 14.8. The van der Waals surface area contributed by atoms with Gasteiger partial charge in [0.25, 0.3) is 0 Å². The zero-order valence-electron chi connectivity index (χ0n) is 14.0. The topological polar surface area (TPSA) is 39.6 Å². The standard InChI is InChI=1S/C18H24FN3OS/c1-21(9-2-12-23)16-7-10-22(11-8-16)18-20-17(13-24-18)14-3-5-15(19)6-4-14/h3-6,13,16,23H,2,7-12H2,1H3. The van der Waals surface area contributed by atoms with E-state index in [0.29, 0.717) is 6.04 Å². The lowest BCUT2D eigenvalue weighted by molar-refractivity contribution is 0.184. The van der Waals surface area contributed by atoms with Gasteiger partial charge in [0.15, 0.2) is 5.13 Å². The quantitative estimate of drug-likeness (QED) is 0.869. The summed E-state index contributed by atoms with van der Waals surface area (Å²) in [5, 5.41) is 12.0. The van der Waals surface area contributed by atoms with Crippen molar-refractivity contribution in [2.45, 2.75) is 25.3 Å². The molecule has 1 aromatic heterocycles. The van der Waals surface area contributed by atoms with Crippen molar-refractivity contribution in [3.63, 3.8) is 0 Å². The average molecular weight is 349 g/mol. The first-order valence-corrected chi connectivity index (χ1v) is 9.33. The fraction of sp³-hybridized carbons (Fsp3) is 0.500. The number of hydrogen-bond acceptors (Lipinski definition) is 5. The number of hydrogen-bond donors (Lipinski definition) is 1. The highest BCUT2D eigenvalue weighted by Crippen LogP contribution is 2.30. The van der Waals surface area contributed by atoms with E-state index in [1.54, 1.807) is 23.5 Å². The normalized spacial score (nSPS) is 16.1. The molecule has 1 aliphatic rings. The molecule has 0 atom stereocenters. The molecule has 1 N–H and O–H groups in total. The van der Waals surface area contributed by atoms with Crippen molar-refractivity contribution in [3.8, 4) is 11.3 Å². The molecule has 6 heteroatoms. The fourth-order valence-corrected chi connectivity index (χ4v) is 4.05. The maximum Gasteiger partial charge on any atom is 0.185 e. The van der Waals surface area contributed by atoms with Crippen LogP contribution in [0.4, 0.5) is 9.52 Å². The molecule has 1 aromatic carbocycles. The molecule has 0 unspecified atom stereocenters. The molecule has 0 amide bonds. The minimum absolute atomic E-state index is 0.221. The Bertz CT molecular complexity index is 638. The average Bonchev–Trinajstić information content (AvgIpc) is 3.10. The van der Waals surface area contributed by atoms with Crippen LogP contribution >= 0.6 is 11.3 Å². The van der Waals surface area contributed by atoms with Crippen LogP contribution in [0.15, 0.2) is 29.6 Å². The zero-order chi connectivity index (χ0) is 16.9. The first-order chi connectivity index (χ1) is 11.7. The Morgan fingerprint density at radius 1 is 1.29 bits per heavy atom. The van der Waals surface area contributed by atoms with Gasteiger partial charge in [-0.25, -0.2) is 9.37 Å². The van der Waals surface area contributed by atoms with Gasteiger partial charge in [0.05, 0.1) is 5.69 Å². The van der Waals surface area contributed by atoms with Crippen LogP contribution in [0, 0.1) is 5.82 Å². The van der Waals surface area contributed by atoms with Gasteiger partial charge in [-0.1, -0.05) is 0 Å². The van der Waals surface area contributed by atoms with Crippen LogP contribution in [0.1, 0.15) is 19.3 Å². The number of thiazole rings is 1. The Morgan fingerprint density at radius 2 is 2.00 bits per heavy atom. The monoisotopic (exact) mass is 349 g/mol. The number of nitrogens with zero attached hydrogens (tertiary/aromatic N) is 3. The summed E-state index contributed by atoms with van der Waals surface area (Å²) in [4.78, 5) is 9.43. The lowest BCUT2D eigenvalue weighted by Gasteiger charge is -2.36. The largest absolute Gasteiger partial charge is 0.396 e. The molecule has 0 radical (unpaired) electrons. The van der Waals surface area contributed by atoms with E-state index in [1.165, 1.54) is 12.1 Å². The molecule has 24 heavy (non-hydrogen) atoms. The van der Waals surface area contributed by atoms with Crippen molar-refractivity contribution in [3.05, 3.63) is 35.5 Å². The number of benzene rings is 1. The number of rotatable bonds is 6. The summed E-state index contributed by atoms with van der Waals surface area (Å²) in [6.07, 6.45) is 3.07. The Hall–Kier alpha value is -1.50. The predicted octanol–water partition coefficient (Wildman–Crippen LogP) is 3.23. The van der Waals surface area contributed by atoms with Crippen LogP contribution < -0.4 is 4.90 Å². The number of halogens is 1. The van der Waals surface area contributed by atoms with E-state index in [9.17, 15) is 4.39 Å². The first-order valence-electron chi connectivity index (χ1n) is 8.45. The Morgan fingerprint density at radius 3 is 2.67 bits per heavy atom. The van der Waals surface area contributed by atoms with Crippen molar-refractivity contribution in [1.29, 1.82) is 0 Å². The van der Waals surface area contributed by atoms with Gasteiger partial charge in [-0.05, 0) is 50.6 Å². The van der Waals surface area contributed by atoms with Gasteiger partial charge < -0.3 is 14.9 Å². The van der Waals surface area contributed by atoms with Crippen molar-refractivity contribution < 1.29 is 9.50 Å². The highest BCUT2D eigenvalue weighted by atomic mass is 32.1. The highest BCUT2D eigenvalue weighted by molar-refractivity contribution is 7.14. The Kier molecular flexibility index (Phi) is 5.81. The van der Waals surface area contributed by atoms with Crippen molar-refractivity contribution in [1.82, 2.24) is 9.88 Å². The van der Waals surface area contributed by atoms with Crippen LogP contribution in [0.5, 0.6) is 0 Å². The van der Waals surface area contributed by atoms with E-state index in [4.69, 9.17) is 10.1 Å². The molecule has 3 rings (SSSR count). The number of piperidine rings is 1. The molecule has 0 spiro atoms. The van der Waals surface area contributed by atoms with Crippen molar-refractivity contribution >= 4 is 16.5 Å². The van der Waals surface area contributed by atoms with Crippen LogP contribution in [0.2, 0.25) is 0 Å². The molecular formula is C18H24FN3OS. The van der Waals surface area contributed by atoms with Crippen LogP contribution in [-0.4, -0.2) is 54.3 Å². The SMILES string of the molecule is CN(CCCO)C1CCN(c2nc(-c3ccc(F)cc3)cs2)CC1. The Balaban J connectivity index is 1.58. The van der Waals surface area contributed by atoms with Crippen molar-refractivity contribution in [2.75, 3.05) is 38.2 Å². The Labute approximate surface area is 146 Å².